The maximum Gasteiger partial charge on any atom is 0.147 e. The molecule has 3 N–H and O–H groups in total. The Morgan fingerprint density at radius 2 is 2.12 bits per heavy atom. The van der Waals surface area contributed by atoms with Crippen molar-refractivity contribution in [3.05, 3.63) is 35.8 Å². The van der Waals surface area contributed by atoms with Gasteiger partial charge in [-0.2, -0.15) is 0 Å². The molecule has 0 aliphatic rings. The van der Waals surface area contributed by atoms with Crippen LogP contribution in [0.15, 0.2) is 24.3 Å². The predicted molar refractivity (Wildman–Crippen MR) is 66.3 cm³/mol. The van der Waals surface area contributed by atoms with Crippen molar-refractivity contribution in [1.29, 1.82) is 0 Å². The highest BCUT2D eigenvalue weighted by molar-refractivity contribution is 5.82. The monoisotopic (exact) mass is 236 g/mol. The summed E-state index contributed by atoms with van der Waals surface area (Å²) in [4.78, 5) is 0. The molecule has 4 heteroatoms. The van der Waals surface area contributed by atoms with Crippen LogP contribution < -0.4 is 5.73 Å². The second-order valence-corrected chi connectivity index (χ2v) is 4.50. The molecule has 0 bridgehead atoms. The third-order valence-electron chi connectivity index (χ3n) is 2.93. The first kappa shape index (κ1) is 12.1. The SMILES string of the molecule is CC(C)n1c(C(N)CO)cc2cccc(F)c21. The van der Waals surface area contributed by atoms with Crippen LogP contribution in [0.2, 0.25) is 0 Å². The van der Waals surface area contributed by atoms with Crippen LogP contribution >= 0.6 is 0 Å². The van der Waals surface area contributed by atoms with E-state index in [0.29, 0.717) is 5.52 Å². The Bertz CT molecular complexity index is 533. The lowest BCUT2D eigenvalue weighted by molar-refractivity contribution is 0.262. The molecular formula is C13H17FN2O. The largest absolute Gasteiger partial charge is 0.394 e. The van der Waals surface area contributed by atoms with Gasteiger partial charge in [-0.1, -0.05) is 12.1 Å². The van der Waals surface area contributed by atoms with Gasteiger partial charge in [0.25, 0.3) is 0 Å². The van der Waals surface area contributed by atoms with Gasteiger partial charge in [-0.05, 0) is 26.0 Å². The molecule has 1 aromatic carbocycles. The van der Waals surface area contributed by atoms with Gasteiger partial charge in [0.15, 0.2) is 0 Å². The molecule has 0 amide bonds. The van der Waals surface area contributed by atoms with E-state index in [9.17, 15) is 4.39 Å². The lowest BCUT2D eigenvalue weighted by Gasteiger charge is -2.18. The molecule has 0 saturated heterocycles. The van der Waals surface area contributed by atoms with Crippen LogP contribution in [-0.4, -0.2) is 16.3 Å². The number of benzene rings is 1. The number of hydrogen-bond donors (Lipinski definition) is 2. The summed E-state index contributed by atoms with van der Waals surface area (Å²) >= 11 is 0. The molecule has 3 nitrogen and oxygen atoms in total. The number of para-hydroxylation sites is 1. The Balaban J connectivity index is 2.76. The van der Waals surface area contributed by atoms with Crippen molar-refractivity contribution >= 4 is 10.9 Å². The zero-order chi connectivity index (χ0) is 12.6. The minimum atomic E-state index is -0.482. The van der Waals surface area contributed by atoms with E-state index in [-0.39, 0.29) is 18.5 Å². The van der Waals surface area contributed by atoms with Crippen LogP contribution in [0.3, 0.4) is 0 Å². The number of aromatic nitrogens is 1. The van der Waals surface area contributed by atoms with E-state index in [2.05, 4.69) is 0 Å². The molecule has 0 aliphatic carbocycles. The molecule has 92 valence electrons. The first-order valence-corrected chi connectivity index (χ1v) is 5.72. The van der Waals surface area contributed by atoms with E-state index >= 15 is 0 Å². The second-order valence-electron chi connectivity index (χ2n) is 4.50. The molecule has 2 aromatic rings. The zero-order valence-corrected chi connectivity index (χ0v) is 10.0. The van der Waals surface area contributed by atoms with Crippen molar-refractivity contribution < 1.29 is 9.50 Å². The fraction of sp³-hybridized carbons (Fsp3) is 0.385. The first-order chi connectivity index (χ1) is 8.06. The molecule has 0 fully saturated rings. The van der Waals surface area contributed by atoms with Crippen molar-refractivity contribution in [1.82, 2.24) is 4.57 Å². The summed E-state index contributed by atoms with van der Waals surface area (Å²) < 4.78 is 15.7. The van der Waals surface area contributed by atoms with Gasteiger partial charge in [0.05, 0.1) is 18.2 Å². The minimum Gasteiger partial charge on any atom is -0.394 e. The Kier molecular flexibility index (Phi) is 3.17. The Morgan fingerprint density at radius 3 is 2.71 bits per heavy atom. The number of aliphatic hydroxyl groups excluding tert-OH is 1. The van der Waals surface area contributed by atoms with Crippen LogP contribution in [-0.2, 0) is 0 Å². The van der Waals surface area contributed by atoms with Crippen molar-refractivity contribution in [3.8, 4) is 0 Å². The Morgan fingerprint density at radius 1 is 1.41 bits per heavy atom. The van der Waals surface area contributed by atoms with Crippen molar-refractivity contribution in [2.75, 3.05) is 6.61 Å². The predicted octanol–water partition coefficient (Wildman–Crippen LogP) is 2.35. The Hall–Kier alpha value is -1.39. The second kappa shape index (κ2) is 4.47. The van der Waals surface area contributed by atoms with Gasteiger partial charge in [-0.25, -0.2) is 4.39 Å². The molecule has 1 aromatic heterocycles. The molecular weight excluding hydrogens is 219 g/mol. The maximum atomic E-state index is 13.9. The van der Waals surface area contributed by atoms with E-state index in [0.717, 1.165) is 11.1 Å². The van der Waals surface area contributed by atoms with E-state index < -0.39 is 6.04 Å². The molecule has 0 spiro atoms. The van der Waals surface area contributed by atoms with Gasteiger partial charge in [0, 0.05) is 17.1 Å². The number of halogens is 1. The average Bonchev–Trinajstić information content (AvgIpc) is 2.68. The highest BCUT2D eigenvalue weighted by Crippen LogP contribution is 2.28. The third kappa shape index (κ3) is 1.94. The van der Waals surface area contributed by atoms with E-state index in [1.807, 2.05) is 30.5 Å². The molecule has 1 unspecified atom stereocenters. The minimum absolute atomic E-state index is 0.0944. The lowest BCUT2D eigenvalue weighted by atomic mass is 10.2. The summed E-state index contributed by atoms with van der Waals surface area (Å²) in [5, 5.41) is 9.97. The maximum absolute atomic E-state index is 13.9. The van der Waals surface area contributed by atoms with Gasteiger partial charge in [-0.15, -0.1) is 0 Å². The first-order valence-electron chi connectivity index (χ1n) is 5.72. The molecule has 0 aliphatic heterocycles. The summed E-state index contributed by atoms with van der Waals surface area (Å²) in [6.07, 6.45) is 0. The molecule has 1 atom stereocenters. The van der Waals surface area contributed by atoms with Gasteiger partial charge in [0.2, 0.25) is 0 Å². The highest BCUT2D eigenvalue weighted by atomic mass is 19.1. The number of nitrogens with two attached hydrogens (primary N) is 1. The van der Waals surface area contributed by atoms with E-state index in [1.165, 1.54) is 6.07 Å². The number of hydrogen-bond acceptors (Lipinski definition) is 2. The van der Waals surface area contributed by atoms with Crippen molar-refractivity contribution in [2.24, 2.45) is 5.73 Å². The highest BCUT2D eigenvalue weighted by Gasteiger charge is 2.18. The fourth-order valence-electron chi connectivity index (χ4n) is 2.20. The van der Waals surface area contributed by atoms with Crippen LogP contribution in [0.1, 0.15) is 31.6 Å². The van der Waals surface area contributed by atoms with Crippen molar-refractivity contribution in [2.45, 2.75) is 25.9 Å². The third-order valence-corrected chi connectivity index (χ3v) is 2.93. The summed E-state index contributed by atoms with van der Waals surface area (Å²) in [5.74, 6) is -0.257. The molecule has 17 heavy (non-hydrogen) atoms. The lowest BCUT2D eigenvalue weighted by Crippen LogP contribution is -2.20. The van der Waals surface area contributed by atoms with Gasteiger partial charge in [-0.3, -0.25) is 0 Å². The van der Waals surface area contributed by atoms with Crippen molar-refractivity contribution in [3.63, 3.8) is 0 Å². The standard InChI is InChI=1S/C13H17FN2O/c1-8(2)16-12(11(15)7-17)6-9-4-3-5-10(14)13(9)16/h3-6,8,11,17H,7,15H2,1-2H3. The normalized spacial score (nSPS) is 13.5. The number of rotatable bonds is 3. The summed E-state index contributed by atoms with van der Waals surface area (Å²) in [6.45, 7) is 3.80. The van der Waals surface area contributed by atoms with Crippen LogP contribution in [0.4, 0.5) is 4.39 Å². The molecule has 2 rings (SSSR count). The number of aliphatic hydroxyl groups is 1. The number of fused-ring (bicyclic) bond motifs is 1. The van der Waals surface area contributed by atoms with Crippen LogP contribution in [0.5, 0.6) is 0 Å². The van der Waals surface area contributed by atoms with Gasteiger partial charge < -0.3 is 15.4 Å². The van der Waals surface area contributed by atoms with E-state index in [4.69, 9.17) is 10.8 Å². The quantitative estimate of drug-likeness (QED) is 0.859. The van der Waals surface area contributed by atoms with Gasteiger partial charge in [0.1, 0.15) is 5.82 Å². The molecule has 0 radical (unpaired) electrons. The summed E-state index contributed by atoms with van der Waals surface area (Å²) in [6, 6.07) is 6.43. The Labute approximate surface area is 99.7 Å². The molecule has 0 saturated carbocycles. The van der Waals surface area contributed by atoms with Crippen LogP contribution in [0.25, 0.3) is 10.9 Å². The summed E-state index contributed by atoms with van der Waals surface area (Å²) in [5.41, 5.74) is 7.18. The van der Waals surface area contributed by atoms with E-state index in [1.54, 1.807) is 6.07 Å². The van der Waals surface area contributed by atoms with Crippen LogP contribution in [0, 0.1) is 5.82 Å². The topological polar surface area (TPSA) is 51.2 Å². The summed E-state index contributed by atoms with van der Waals surface area (Å²) in [7, 11) is 0. The zero-order valence-electron chi connectivity index (χ0n) is 10.0. The number of nitrogens with zero attached hydrogens (tertiary/aromatic N) is 1. The smallest absolute Gasteiger partial charge is 0.147 e. The molecule has 1 heterocycles. The fourth-order valence-corrected chi connectivity index (χ4v) is 2.20. The van der Waals surface area contributed by atoms with Gasteiger partial charge >= 0.3 is 0 Å². The average molecular weight is 236 g/mol.